The van der Waals surface area contributed by atoms with E-state index in [1.807, 2.05) is 42.5 Å². The summed E-state index contributed by atoms with van der Waals surface area (Å²) in [4.78, 5) is 24.2. The summed E-state index contributed by atoms with van der Waals surface area (Å²) in [6.07, 6.45) is 11.3. The third-order valence-corrected chi connectivity index (χ3v) is 7.19. The van der Waals surface area contributed by atoms with Gasteiger partial charge in [0.25, 0.3) is 5.91 Å². The first-order valence-corrected chi connectivity index (χ1v) is 11.8. The predicted octanol–water partition coefficient (Wildman–Crippen LogP) is 5.79. The molecule has 2 bridgehead atoms. The van der Waals surface area contributed by atoms with Gasteiger partial charge in [-0.25, -0.2) is 0 Å². The number of carbonyl (C=O) groups excluding carboxylic acids is 2. The summed E-state index contributed by atoms with van der Waals surface area (Å²) >= 11 is 0. The van der Waals surface area contributed by atoms with Gasteiger partial charge in [0.05, 0.1) is 7.11 Å². The number of hydrogen-bond donors (Lipinski definition) is 1. The van der Waals surface area contributed by atoms with Crippen molar-refractivity contribution < 1.29 is 14.3 Å². The molecule has 2 aromatic carbocycles. The van der Waals surface area contributed by atoms with Gasteiger partial charge in [-0.1, -0.05) is 54.6 Å². The summed E-state index contributed by atoms with van der Waals surface area (Å²) in [6.45, 7) is 0. The van der Waals surface area contributed by atoms with E-state index < -0.39 is 0 Å². The molecular weight excluding hydrogens is 398 g/mol. The first-order chi connectivity index (χ1) is 15.7. The molecule has 4 atom stereocenters. The number of benzene rings is 2. The van der Waals surface area contributed by atoms with Gasteiger partial charge in [0.15, 0.2) is 0 Å². The van der Waals surface area contributed by atoms with Crippen molar-refractivity contribution in [2.45, 2.75) is 51.0 Å². The number of rotatable bonds is 9. The summed E-state index contributed by atoms with van der Waals surface area (Å²) in [6, 6.07) is 18.4. The number of nitrogens with one attached hydrogen (secondary N) is 1. The Bertz CT molecular complexity index is 935. The summed E-state index contributed by atoms with van der Waals surface area (Å²) in [5.74, 6) is 1.72. The second-order valence-corrected chi connectivity index (χ2v) is 9.12. The highest BCUT2D eigenvalue weighted by Gasteiger charge is 2.47. The molecule has 0 saturated heterocycles. The first kappa shape index (κ1) is 22.3. The molecule has 0 heterocycles. The molecule has 2 aliphatic rings. The van der Waals surface area contributed by atoms with Crippen LogP contribution in [-0.4, -0.2) is 25.0 Å². The smallest absolute Gasteiger partial charge is 0.305 e. The lowest BCUT2D eigenvalue weighted by atomic mass is 9.82. The lowest BCUT2D eigenvalue weighted by Gasteiger charge is -2.31. The standard InChI is InChI=1S/C28H33NO3/c1-32-26(30)12-8-3-2-7-11-25-23-17-18-24(19-23)27(25)29-28(31)22-15-13-21(14-16-22)20-9-5-4-6-10-20/h2,4-7,9-10,13-16,23-25,27H,3,8,11-12,17-19H2,1H3,(H,29,31)/b7-2-/t23-,24+,25+,27?/m0/s1. The molecular formula is C28H33NO3. The van der Waals surface area contributed by atoms with Gasteiger partial charge in [0.2, 0.25) is 0 Å². The minimum Gasteiger partial charge on any atom is -0.469 e. The van der Waals surface area contributed by atoms with Crippen LogP contribution < -0.4 is 5.32 Å². The van der Waals surface area contributed by atoms with Gasteiger partial charge in [-0.2, -0.15) is 0 Å². The monoisotopic (exact) mass is 431 g/mol. The summed E-state index contributed by atoms with van der Waals surface area (Å²) in [7, 11) is 1.43. The van der Waals surface area contributed by atoms with Crippen LogP contribution in [0, 0.1) is 17.8 Å². The van der Waals surface area contributed by atoms with Crippen LogP contribution >= 0.6 is 0 Å². The SMILES string of the molecule is COC(=O)CCC/C=C\C[C@H]1C(NC(=O)c2ccc(-c3ccccc3)cc2)[C@@H]2CC[C@H]1C2. The van der Waals surface area contributed by atoms with Gasteiger partial charge in [-0.05, 0) is 79.5 Å². The van der Waals surface area contributed by atoms with Crippen molar-refractivity contribution in [2.75, 3.05) is 7.11 Å². The first-order valence-electron chi connectivity index (χ1n) is 11.8. The maximum atomic E-state index is 13.0. The van der Waals surface area contributed by atoms with Gasteiger partial charge >= 0.3 is 5.97 Å². The van der Waals surface area contributed by atoms with E-state index in [4.69, 9.17) is 0 Å². The summed E-state index contributed by atoms with van der Waals surface area (Å²) in [5, 5.41) is 3.38. The number of unbranched alkanes of at least 4 members (excludes halogenated alkanes) is 1. The van der Waals surface area contributed by atoms with Crippen molar-refractivity contribution in [3.63, 3.8) is 0 Å². The Balaban J connectivity index is 1.32. The van der Waals surface area contributed by atoms with Gasteiger partial charge in [0.1, 0.15) is 0 Å². The second-order valence-electron chi connectivity index (χ2n) is 9.12. The highest BCUT2D eigenvalue weighted by atomic mass is 16.5. The van der Waals surface area contributed by atoms with Crippen LogP contribution in [0.1, 0.15) is 55.3 Å². The zero-order valence-corrected chi connectivity index (χ0v) is 18.8. The molecule has 1 amide bonds. The fraction of sp³-hybridized carbons (Fsp3) is 0.429. The number of amides is 1. The van der Waals surface area contributed by atoms with E-state index in [0.29, 0.717) is 24.2 Å². The van der Waals surface area contributed by atoms with E-state index in [9.17, 15) is 9.59 Å². The normalized spacial score (nSPS) is 24.0. The molecule has 4 heteroatoms. The van der Waals surface area contributed by atoms with E-state index in [1.165, 1.54) is 26.4 Å². The van der Waals surface area contributed by atoms with Crippen LogP contribution in [-0.2, 0) is 9.53 Å². The van der Waals surface area contributed by atoms with Crippen molar-refractivity contribution in [3.8, 4) is 11.1 Å². The average molecular weight is 432 g/mol. The van der Waals surface area contributed by atoms with Crippen LogP contribution in [0.5, 0.6) is 0 Å². The van der Waals surface area contributed by atoms with Crippen molar-refractivity contribution in [1.29, 1.82) is 0 Å². The molecule has 2 saturated carbocycles. The third kappa shape index (κ3) is 5.29. The Kier molecular flexibility index (Phi) is 7.41. The highest BCUT2D eigenvalue weighted by molar-refractivity contribution is 5.95. The molecule has 2 fully saturated rings. The van der Waals surface area contributed by atoms with E-state index in [-0.39, 0.29) is 17.9 Å². The van der Waals surface area contributed by atoms with E-state index in [0.717, 1.165) is 36.0 Å². The minimum atomic E-state index is -0.147. The van der Waals surface area contributed by atoms with Crippen molar-refractivity contribution >= 4 is 11.9 Å². The second kappa shape index (κ2) is 10.6. The maximum absolute atomic E-state index is 13.0. The lowest BCUT2D eigenvalue weighted by molar-refractivity contribution is -0.140. The lowest BCUT2D eigenvalue weighted by Crippen LogP contribution is -2.43. The topological polar surface area (TPSA) is 55.4 Å². The molecule has 2 aromatic rings. The molecule has 0 spiro atoms. The van der Waals surface area contributed by atoms with Crippen LogP contribution in [0.25, 0.3) is 11.1 Å². The number of methoxy groups -OCH3 is 1. The van der Waals surface area contributed by atoms with Crippen LogP contribution in [0.3, 0.4) is 0 Å². The molecule has 1 N–H and O–H groups in total. The predicted molar refractivity (Wildman–Crippen MR) is 127 cm³/mol. The minimum absolute atomic E-state index is 0.0363. The van der Waals surface area contributed by atoms with E-state index in [1.54, 1.807) is 0 Å². The van der Waals surface area contributed by atoms with Gasteiger partial charge in [-0.3, -0.25) is 9.59 Å². The fourth-order valence-electron chi connectivity index (χ4n) is 5.49. The highest BCUT2D eigenvalue weighted by Crippen LogP contribution is 2.50. The quantitative estimate of drug-likeness (QED) is 0.311. The van der Waals surface area contributed by atoms with Crippen molar-refractivity contribution in [2.24, 2.45) is 17.8 Å². The summed E-state index contributed by atoms with van der Waals surface area (Å²) < 4.78 is 4.68. The Morgan fingerprint density at radius 1 is 0.969 bits per heavy atom. The van der Waals surface area contributed by atoms with E-state index >= 15 is 0 Å². The van der Waals surface area contributed by atoms with E-state index in [2.05, 4.69) is 34.3 Å². The van der Waals surface area contributed by atoms with Gasteiger partial charge < -0.3 is 10.1 Å². The number of fused-ring (bicyclic) bond motifs is 2. The molecule has 0 aliphatic heterocycles. The number of allylic oxidation sites excluding steroid dienone is 2. The number of esters is 1. The molecule has 32 heavy (non-hydrogen) atoms. The number of hydrogen-bond acceptors (Lipinski definition) is 3. The molecule has 168 valence electrons. The van der Waals surface area contributed by atoms with Gasteiger partial charge in [0, 0.05) is 18.0 Å². The Morgan fingerprint density at radius 2 is 1.69 bits per heavy atom. The van der Waals surface area contributed by atoms with Crippen LogP contribution in [0.15, 0.2) is 66.7 Å². The number of carbonyl (C=O) groups is 2. The van der Waals surface area contributed by atoms with Crippen molar-refractivity contribution in [3.05, 3.63) is 72.3 Å². The number of ether oxygens (including phenoxy) is 1. The molecule has 2 aliphatic carbocycles. The maximum Gasteiger partial charge on any atom is 0.305 e. The van der Waals surface area contributed by atoms with Crippen LogP contribution in [0.4, 0.5) is 0 Å². The molecule has 1 unspecified atom stereocenters. The summed E-state index contributed by atoms with van der Waals surface area (Å²) in [5.41, 5.74) is 3.01. The zero-order chi connectivity index (χ0) is 22.3. The van der Waals surface area contributed by atoms with Crippen LogP contribution in [0.2, 0.25) is 0 Å². The molecule has 4 nitrogen and oxygen atoms in total. The zero-order valence-electron chi connectivity index (χ0n) is 18.8. The Labute approximate surface area is 191 Å². The Morgan fingerprint density at radius 3 is 2.44 bits per heavy atom. The third-order valence-electron chi connectivity index (χ3n) is 7.19. The largest absolute Gasteiger partial charge is 0.469 e. The Hall–Kier alpha value is -2.88. The van der Waals surface area contributed by atoms with Gasteiger partial charge in [-0.15, -0.1) is 0 Å². The molecule has 0 aromatic heterocycles. The average Bonchev–Trinajstić information content (AvgIpc) is 3.44. The fourth-order valence-corrected chi connectivity index (χ4v) is 5.49. The van der Waals surface area contributed by atoms with Crippen molar-refractivity contribution in [1.82, 2.24) is 5.32 Å². The molecule has 0 radical (unpaired) electrons. The molecule has 4 rings (SSSR count).